The normalized spacial score (nSPS) is 21.1. The monoisotopic (exact) mass is 419 g/mol. The van der Waals surface area contributed by atoms with Gasteiger partial charge in [0.15, 0.2) is 0 Å². The SMILES string of the molecule is CCN(C)/C=N/c1cc(Br)c(OC2CCC(OC(F)F)CC2)nc1C. The Kier molecular flexibility index (Phi) is 7.56. The van der Waals surface area contributed by atoms with Gasteiger partial charge < -0.3 is 14.4 Å². The lowest BCUT2D eigenvalue weighted by atomic mass is 9.95. The van der Waals surface area contributed by atoms with Gasteiger partial charge in [0.1, 0.15) is 6.10 Å². The minimum Gasteiger partial charge on any atom is -0.474 e. The quantitative estimate of drug-likeness (QED) is 0.474. The maximum Gasteiger partial charge on any atom is 0.345 e. The Morgan fingerprint density at radius 3 is 2.60 bits per heavy atom. The number of pyridine rings is 1. The number of hydrogen-bond donors (Lipinski definition) is 0. The van der Waals surface area contributed by atoms with Gasteiger partial charge in [-0.2, -0.15) is 8.78 Å². The molecular formula is C17H24BrF2N3O2. The van der Waals surface area contributed by atoms with Crippen LogP contribution in [-0.4, -0.2) is 48.6 Å². The van der Waals surface area contributed by atoms with E-state index >= 15 is 0 Å². The summed E-state index contributed by atoms with van der Waals surface area (Å²) < 4.78 is 35.8. The second-order valence-electron chi connectivity index (χ2n) is 6.11. The molecule has 0 aliphatic heterocycles. The molecule has 0 unspecified atom stereocenters. The number of ether oxygens (including phenoxy) is 2. The Balaban J connectivity index is 1.97. The van der Waals surface area contributed by atoms with Crippen LogP contribution >= 0.6 is 15.9 Å². The fourth-order valence-corrected chi connectivity index (χ4v) is 2.99. The maximum atomic E-state index is 12.2. The van der Waals surface area contributed by atoms with Gasteiger partial charge in [-0.05, 0) is 61.5 Å². The summed E-state index contributed by atoms with van der Waals surface area (Å²) in [6.45, 7) is 2.09. The summed E-state index contributed by atoms with van der Waals surface area (Å²) in [6.07, 6.45) is 3.82. The van der Waals surface area contributed by atoms with Crippen LogP contribution in [0.15, 0.2) is 15.5 Å². The number of aromatic nitrogens is 1. The van der Waals surface area contributed by atoms with Crippen molar-refractivity contribution in [2.24, 2.45) is 4.99 Å². The van der Waals surface area contributed by atoms with Crippen LogP contribution in [0.1, 0.15) is 38.3 Å². The van der Waals surface area contributed by atoms with Crippen molar-refractivity contribution >= 4 is 28.0 Å². The lowest BCUT2D eigenvalue weighted by molar-refractivity contribution is -0.173. The summed E-state index contributed by atoms with van der Waals surface area (Å²) in [6, 6.07) is 1.88. The summed E-state index contributed by atoms with van der Waals surface area (Å²) in [5.41, 5.74) is 1.54. The third kappa shape index (κ3) is 6.18. The molecule has 0 amide bonds. The van der Waals surface area contributed by atoms with Crippen LogP contribution in [0, 0.1) is 6.92 Å². The Hall–Kier alpha value is -1.28. The van der Waals surface area contributed by atoms with Gasteiger partial charge in [-0.3, -0.25) is 0 Å². The van der Waals surface area contributed by atoms with E-state index < -0.39 is 6.61 Å². The smallest absolute Gasteiger partial charge is 0.345 e. The number of hydrogen-bond acceptors (Lipinski definition) is 4. The fourth-order valence-electron chi connectivity index (χ4n) is 2.59. The van der Waals surface area contributed by atoms with E-state index in [4.69, 9.17) is 4.74 Å². The molecule has 0 saturated heterocycles. The molecule has 1 saturated carbocycles. The van der Waals surface area contributed by atoms with E-state index in [-0.39, 0.29) is 12.2 Å². The Labute approximate surface area is 155 Å². The predicted octanol–water partition coefficient (Wildman–Crippen LogP) is 4.69. The Morgan fingerprint density at radius 2 is 2.00 bits per heavy atom. The van der Waals surface area contributed by atoms with Gasteiger partial charge in [-0.25, -0.2) is 9.98 Å². The van der Waals surface area contributed by atoms with Gasteiger partial charge in [0.05, 0.1) is 28.3 Å². The Bertz CT molecular complexity index is 594. The summed E-state index contributed by atoms with van der Waals surface area (Å²) in [4.78, 5) is 10.9. The van der Waals surface area contributed by atoms with Crippen molar-refractivity contribution in [2.45, 2.75) is 58.4 Å². The van der Waals surface area contributed by atoms with Crippen LogP contribution in [0.3, 0.4) is 0 Å². The minimum absolute atomic E-state index is 0.0405. The van der Waals surface area contributed by atoms with Gasteiger partial charge in [-0.1, -0.05) is 0 Å². The number of aliphatic imine (C=N–C) groups is 1. The zero-order valence-corrected chi connectivity index (χ0v) is 16.3. The van der Waals surface area contributed by atoms with Crippen molar-refractivity contribution < 1.29 is 18.3 Å². The van der Waals surface area contributed by atoms with E-state index in [1.54, 1.807) is 6.34 Å². The minimum atomic E-state index is -2.71. The third-order valence-electron chi connectivity index (χ3n) is 4.20. The number of halogens is 3. The molecule has 8 heteroatoms. The number of aryl methyl sites for hydroxylation is 1. The van der Waals surface area contributed by atoms with E-state index in [9.17, 15) is 8.78 Å². The van der Waals surface area contributed by atoms with Crippen LogP contribution in [0.2, 0.25) is 0 Å². The molecule has 0 spiro atoms. The first-order valence-electron chi connectivity index (χ1n) is 8.40. The van der Waals surface area contributed by atoms with Crippen molar-refractivity contribution in [1.82, 2.24) is 9.88 Å². The molecule has 1 aliphatic carbocycles. The molecular weight excluding hydrogens is 396 g/mol. The molecule has 1 heterocycles. The van der Waals surface area contributed by atoms with E-state index in [2.05, 4.69) is 30.6 Å². The average Bonchev–Trinajstić information content (AvgIpc) is 2.57. The lowest BCUT2D eigenvalue weighted by Gasteiger charge is -2.28. The van der Waals surface area contributed by atoms with Crippen molar-refractivity contribution in [2.75, 3.05) is 13.6 Å². The molecule has 1 aliphatic rings. The molecule has 2 rings (SSSR count). The molecule has 1 aromatic rings. The molecule has 0 bridgehead atoms. The number of alkyl halides is 2. The standard InChI is InChI=1S/C17H24BrF2N3O2/c1-4-23(3)10-21-15-9-14(18)16(22-11(15)2)24-12-5-7-13(8-6-12)25-17(19)20/h9-10,12-13,17H,4-8H2,1-3H3/b21-10+. The zero-order valence-electron chi connectivity index (χ0n) is 14.7. The molecule has 1 fully saturated rings. The molecule has 1 aromatic heterocycles. The average molecular weight is 420 g/mol. The molecule has 0 radical (unpaired) electrons. The zero-order chi connectivity index (χ0) is 18.4. The highest BCUT2D eigenvalue weighted by atomic mass is 79.9. The second-order valence-corrected chi connectivity index (χ2v) is 6.97. The molecule has 0 N–H and O–H groups in total. The molecule has 5 nitrogen and oxygen atoms in total. The van der Waals surface area contributed by atoms with Crippen LogP contribution < -0.4 is 4.74 Å². The fraction of sp³-hybridized carbons (Fsp3) is 0.647. The number of nitrogens with zero attached hydrogens (tertiary/aromatic N) is 3. The maximum absolute atomic E-state index is 12.2. The first-order chi connectivity index (χ1) is 11.9. The molecule has 140 valence electrons. The van der Waals surface area contributed by atoms with Crippen LogP contribution in [0.25, 0.3) is 0 Å². The van der Waals surface area contributed by atoms with E-state index in [1.807, 2.05) is 31.9 Å². The van der Waals surface area contributed by atoms with Gasteiger partial charge in [-0.15, -0.1) is 0 Å². The van der Waals surface area contributed by atoms with Gasteiger partial charge in [0.25, 0.3) is 0 Å². The van der Waals surface area contributed by atoms with E-state index in [0.717, 1.165) is 22.4 Å². The van der Waals surface area contributed by atoms with Crippen molar-refractivity contribution in [3.05, 3.63) is 16.2 Å². The summed E-state index contributed by atoms with van der Waals surface area (Å²) in [5, 5.41) is 0. The van der Waals surface area contributed by atoms with Gasteiger partial charge in [0.2, 0.25) is 5.88 Å². The van der Waals surface area contributed by atoms with Crippen LogP contribution in [0.5, 0.6) is 5.88 Å². The third-order valence-corrected chi connectivity index (χ3v) is 4.76. The van der Waals surface area contributed by atoms with Crippen molar-refractivity contribution in [1.29, 1.82) is 0 Å². The number of rotatable bonds is 7. The highest BCUT2D eigenvalue weighted by Crippen LogP contribution is 2.33. The van der Waals surface area contributed by atoms with Crippen LogP contribution in [-0.2, 0) is 4.74 Å². The van der Waals surface area contributed by atoms with E-state index in [1.165, 1.54) is 0 Å². The first-order valence-corrected chi connectivity index (χ1v) is 9.20. The molecule has 0 aromatic carbocycles. The van der Waals surface area contributed by atoms with Crippen LogP contribution in [0.4, 0.5) is 14.5 Å². The first kappa shape index (κ1) is 20.0. The summed E-state index contributed by atoms with van der Waals surface area (Å²) in [7, 11) is 1.95. The van der Waals surface area contributed by atoms with E-state index in [0.29, 0.717) is 31.6 Å². The van der Waals surface area contributed by atoms with Gasteiger partial charge in [0, 0.05) is 13.6 Å². The predicted molar refractivity (Wildman–Crippen MR) is 96.9 cm³/mol. The topological polar surface area (TPSA) is 47.0 Å². The van der Waals surface area contributed by atoms with Gasteiger partial charge >= 0.3 is 6.61 Å². The highest BCUT2D eigenvalue weighted by Gasteiger charge is 2.26. The second kappa shape index (κ2) is 9.43. The molecule has 25 heavy (non-hydrogen) atoms. The lowest BCUT2D eigenvalue weighted by Crippen LogP contribution is -2.29. The summed E-state index contributed by atoms with van der Waals surface area (Å²) in [5.74, 6) is 0.513. The highest BCUT2D eigenvalue weighted by molar-refractivity contribution is 9.10. The summed E-state index contributed by atoms with van der Waals surface area (Å²) >= 11 is 3.48. The van der Waals surface area contributed by atoms with Crippen molar-refractivity contribution in [3.63, 3.8) is 0 Å². The molecule has 0 atom stereocenters. The van der Waals surface area contributed by atoms with Crippen molar-refractivity contribution in [3.8, 4) is 5.88 Å². The Morgan fingerprint density at radius 1 is 1.36 bits per heavy atom. The largest absolute Gasteiger partial charge is 0.474 e.